The lowest BCUT2D eigenvalue weighted by atomic mass is 9.79. The summed E-state index contributed by atoms with van der Waals surface area (Å²) in [6, 6.07) is -0.240. The summed E-state index contributed by atoms with van der Waals surface area (Å²) in [6.07, 6.45) is 6.56. The van der Waals surface area contributed by atoms with Crippen molar-refractivity contribution >= 4 is 17.9 Å². The molecule has 0 aromatic carbocycles. The lowest BCUT2D eigenvalue weighted by molar-refractivity contribution is -0.130. The summed E-state index contributed by atoms with van der Waals surface area (Å²) in [5.41, 5.74) is -0.887. The smallest absolute Gasteiger partial charge is 0.315 e. The molecule has 2 rings (SSSR count). The van der Waals surface area contributed by atoms with E-state index in [1.54, 1.807) is 7.05 Å². The van der Waals surface area contributed by atoms with Crippen molar-refractivity contribution < 1.29 is 9.59 Å². The third kappa shape index (κ3) is 4.14. The van der Waals surface area contributed by atoms with Gasteiger partial charge in [-0.2, -0.15) is 0 Å². The number of amides is 3. The van der Waals surface area contributed by atoms with Crippen molar-refractivity contribution in [2.45, 2.75) is 64.0 Å². The van der Waals surface area contributed by atoms with Crippen molar-refractivity contribution in [3.05, 3.63) is 0 Å². The van der Waals surface area contributed by atoms with Crippen LogP contribution in [-0.4, -0.2) is 48.0 Å². The molecule has 130 valence electrons. The maximum atomic E-state index is 12.7. The average Bonchev–Trinajstić information content (AvgIpc) is 2.70. The third-order valence-electron chi connectivity index (χ3n) is 4.74. The number of nitrogens with zero attached hydrogens (tertiary/aromatic N) is 1. The number of nitrogens with one attached hydrogen (secondary N) is 4. The predicted octanol–water partition coefficient (Wildman–Crippen LogP) is 1.40. The van der Waals surface area contributed by atoms with E-state index in [4.69, 9.17) is 5.41 Å². The summed E-state index contributed by atoms with van der Waals surface area (Å²) in [5, 5.41) is 16.5. The number of rotatable bonds is 5. The Balaban J connectivity index is 2.07. The van der Waals surface area contributed by atoms with Crippen LogP contribution in [0.3, 0.4) is 0 Å². The Morgan fingerprint density at radius 1 is 1.39 bits per heavy atom. The van der Waals surface area contributed by atoms with Gasteiger partial charge in [0.25, 0.3) is 5.91 Å². The number of hydrogen-bond acceptors (Lipinski definition) is 3. The molecule has 7 heteroatoms. The maximum Gasteiger partial charge on any atom is 0.315 e. The number of likely N-dealkylation sites (N-methyl/N-ethyl adjacent to an activating group) is 1. The molecule has 7 nitrogen and oxygen atoms in total. The summed E-state index contributed by atoms with van der Waals surface area (Å²) in [6.45, 7) is 3.98. The second kappa shape index (κ2) is 7.19. The Morgan fingerprint density at radius 3 is 2.57 bits per heavy atom. The monoisotopic (exact) mass is 323 g/mol. The fourth-order valence-electron chi connectivity index (χ4n) is 3.55. The molecule has 0 aromatic rings. The molecule has 1 aliphatic heterocycles. The van der Waals surface area contributed by atoms with E-state index in [-0.39, 0.29) is 30.5 Å². The van der Waals surface area contributed by atoms with Gasteiger partial charge in [0, 0.05) is 13.1 Å². The van der Waals surface area contributed by atoms with Gasteiger partial charge in [0.2, 0.25) is 0 Å². The number of urea groups is 1. The molecule has 2 aliphatic rings. The lowest BCUT2D eigenvalue weighted by Crippen LogP contribution is -2.57. The van der Waals surface area contributed by atoms with Crippen molar-refractivity contribution in [2.75, 3.05) is 13.6 Å². The minimum atomic E-state index is -0.887. The Morgan fingerprint density at radius 2 is 2.04 bits per heavy atom. The summed E-state index contributed by atoms with van der Waals surface area (Å²) in [5.74, 6) is 0.448. The number of guanidine groups is 1. The summed E-state index contributed by atoms with van der Waals surface area (Å²) >= 11 is 0. The van der Waals surface area contributed by atoms with Crippen LogP contribution in [-0.2, 0) is 4.79 Å². The van der Waals surface area contributed by atoms with Crippen LogP contribution in [0.1, 0.15) is 52.4 Å². The van der Waals surface area contributed by atoms with E-state index in [0.717, 1.165) is 12.8 Å². The maximum absolute atomic E-state index is 12.7. The van der Waals surface area contributed by atoms with Gasteiger partial charge in [-0.3, -0.25) is 15.1 Å². The topological polar surface area (TPSA) is 97.3 Å². The highest BCUT2D eigenvalue weighted by Crippen LogP contribution is 2.33. The minimum Gasteiger partial charge on any atom is -0.340 e. The molecule has 0 bridgehead atoms. The molecule has 3 amide bonds. The highest BCUT2D eigenvalue weighted by molar-refractivity contribution is 6.08. The van der Waals surface area contributed by atoms with Crippen LogP contribution in [0.25, 0.3) is 0 Å². The van der Waals surface area contributed by atoms with E-state index in [1.165, 1.54) is 24.2 Å². The molecule has 4 N–H and O–H groups in total. The highest BCUT2D eigenvalue weighted by atomic mass is 16.2. The Hall–Kier alpha value is -1.79. The van der Waals surface area contributed by atoms with E-state index in [0.29, 0.717) is 12.3 Å². The van der Waals surface area contributed by atoms with Crippen LogP contribution < -0.4 is 16.0 Å². The number of carbonyl (C=O) groups excluding carboxylic acids is 2. The zero-order chi connectivity index (χ0) is 17.0. The predicted molar refractivity (Wildman–Crippen MR) is 89.2 cm³/mol. The molecule has 1 saturated heterocycles. The molecule has 1 saturated carbocycles. The van der Waals surface area contributed by atoms with Gasteiger partial charge in [0.05, 0.1) is 6.54 Å². The highest BCUT2D eigenvalue weighted by Gasteiger charge is 2.49. The lowest BCUT2D eigenvalue weighted by Gasteiger charge is -2.33. The number of carbonyl (C=O) groups is 2. The van der Waals surface area contributed by atoms with Gasteiger partial charge >= 0.3 is 6.03 Å². The van der Waals surface area contributed by atoms with Gasteiger partial charge in [0.1, 0.15) is 5.54 Å². The van der Waals surface area contributed by atoms with Crippen LogP contribution in [0.5, 0.6) is 0 Å². The molecule has 0 radical (unpaired) electrons. The quantitative estimate of drug-likeness (QED) is 0.615. The van der Waals surface area contributed by atoms with Gasteiger partial charge in [-0.15, -0.1) is 0 Å². The molecule has 0 aromatic heterocycles. The fraction of sp³-hybridized carbons (Fsp3) is 0.812. The summed E-state index contributed by atoms with van der Waals surface area (Å²) in [7, 11) is 1.61. The fourth-order valence-corrected chi connectivity index (χ4v) is 3.55. The van der Waals surface area contributed by atoms with Gasteiger partial charge in [-0.25, -0.2) is 4.79 Å². The van der Waals surface area contributed by atoms with Crippen molar-refractivity contribution in [1.29, 1.82) is 5.41 Å². The van der Waals surface area contributed by atoms with Gasteiger partial charge in [-0.1, -0.05) is 32.1 Å². The van der Waals surface area contributed by atoms with Crippen molar-refractivity contribution in [1.82, 2.24) is 20.9 Å². The Labute approximate surface area is 138 Å². The van der Waals surface area contributed by atoms with E-state index in [1.807, 2.05) is 13.8 Å². The minimum absolute atomic E-state index is 0.0394. The molecule has 1 heterocycles. The van der Waals surface area contributed by atoms with Crippen molar-refractivity contribution in [3.63, 3.8) is 0 Å². The van der Waals surface area contributed by atoms with Crippen LogP contribution in [0.4, 0.5) is 4.79 Å². The summed E-state index contributed by atoms with van der Waals surface area (Å²) < 4.78 is 0. The van der Waals surface area contributed by atoms with Gasteiger partial charge in [0.15, 0.2) is 5.96 Å². The second-order valence-electron chi connectivity index (χ2n) is 7.11. The molecular weight excluding hydrogens is 294 g/mol. The van der Waals surface area contributed by atoms with Crippen LogP contribution in [0, 0.1) is 11.3 Å². The van der Waals surface area contributed by atoms with Crippen molar-refractivity contribution in [2.24, 2.45) is 5.92 Å². The first-order valence-electron chi connectivity index (χ1n) is 8.53. The first-order valence-corrected chi connectivity index (χ1v) is 8.53. The molecule has 1 unspecified atom stereocenters. The zero-order valence-electron chi connectivity index (χ0n) is 14.4. The van der Waals surface area contributed by atoms with Gasteiger partial charge in [-0.05, 0) is 26.2 Å². The molecule has 2 fully saturated rings. The first kappa shape index (κ1) is 17.6. The van der Waals surface area contributed by atoms with Crippen LogP contribution >= 0.6 is 0 Å². The third-order valence-corrected chi connectivity index (χ3v) is 4.74. The first-order chi connectivity index (χ1) is 10.8. The molecule has 0 spiro atoms. The average molecular weight is 323 g/mol. The van der Waals surface area contributed by atoms with E-state index < -0.39 is 5.54 Å². The molecule has 23 heavy (non-hydrogen) atoms. The van der Waals surface area contributed by atoms with E-state index in [9.17, 15) is 9.59 Å². The molecular formula is C16H29N5O2. The van der Waals surface area contributed by atoms with Gasteiger partial charge < -0.3 is 16.0 Å². The molecule has 1 aliphatic carbocycles. The molecule has 1 atom stereocenters. The van der Waals surface area contributed by atoms with Crippen LogP contribution in [0.2, 0.25) is 0 Å². The Bertz CT molecular complexity index is 473. The second-order valence-corrected chi connectivity index (χ2v) is 7.11. The Kier molecular flexibility index (Phi) is 5.49. The SMILES string of the molecule is CC(C)NC(=O)NCC1(CC2CCCCC2)NC(=N)N(C)C1=O. The zero-order valence-corrected chi connectivity index (χ0v) is 14.4. The standard InChI is InChI=1S/C16H29N5O2/c1-11(2)19-15(23)18-10-16(9-12-7-5-4-6-8-12)13(22)21(3)14(17)20-16/h11-12H,4-10H2,1-3H3,(H2,17,20)(H2,18,19,23). The largest absolute Gasteiger partial charge is 0.340 e. The van der Waals surface area contributed by atoms with Crippen LogP contribution in [0.15, 0.2) is 0 Å². The van der Waals surface area contributed by atoms with E-state index >= 15 is 0 Å². The number of hydrogen-bond donors (Lipinski definition) is 4. The normalized spacial score (nSPS) is 25.7. The van der Waals surface area contributed by atoms with E-state index in [2.05, 4.69) is 16.0 Å². The van der Waals surface area contributed by atoms with Crippen molar-refractivity contribution in [3.8, 4) is 0 Å². The summed E-state index contributed by atoms with van der Waals surface area (Å²) in [4.78, 5) is 25.9.